The first-order valence-corrected chi connectivity index (χ1v) is 8.40. The molecule has 2 N–H and O–H groups in total. The molecular formula is C20H18N2O4. The molecule has 3 heterocycles. The molecule has 1 aromatic heterocycles. The standard InChI is InChI=1S/C20H18N2O4/c1-24-20(23)15-9-13-12-4-2-3-5-14(12)21-19(13)18(22-15)11-6-7-16-17(8-11)26-10-25-16/h2-8,15,18,21-22H,9-10H2,1H3/t15-,18-/m0/s1/i10D2. The molecule has 132 valence electrons. The van der Waals surface area contributed by atoms with E-state index >= 15 is 0 Å². The second-order valence-corrected chi connectivity index (χ2v) is 6.44. The first-order chi connectivity index (χ1) is 13.4. The Kier molecular flexibility index (Phi) is 2.94. The van der Waals surface area contributed by atoms with Crippen molar-refractivity contribution in [3.8, 4) is 11.5 Å². The van der Waals surface area contributed by atoms with Gasteiger partial charge in [0.25, 0.3) is 0 Å². The molecule has 2 atom stereocenters. The van der Waals surface area contributed by atoms with Crippen molar-refractivity contribution in [1.82, 2.24) is 10.3 Å². The second kappa shape index (κ2) is 5.78. The first-order valence-electron chi connectivity index (χ1n) is 9.40. The third kappa shape index (κ3) is 2.26. The zero-order chi connectivity index (χ0) is 19.5. The van der Waals surface area contributed by atoms with Crippen molar-refractivity contribution in [1.29, 1.82) is 0 Å². The summed E-state index contributed by atoms with van der Waals surface area (Å²) in [7, 11) is 1.38. The Morgan fingerprint density at radius 2 is 2.08 bits per heavy atom. The minimum absolute atomic E-state index is 0.305. The van der Waals surface area contributed by atoms with Crippen LogP contribution in [0.2, 0.25) is 0 Å². The highest BCUT2D eigenvalue weighted by Crippen LogP contribution is 2.39. The molecule has 26 heavy (non-hydrogen) atoms. The van der Waals surface area contributed by atoms with E-state index in [4.69, 9.17) is 17.0 Å². The van der Waals surface area contributed by atoms with Crippen LogP contribution < -0.4 is 14.8 Å². The maximum Gasteiger partial charge on any atom is 0.323 e. The molecule has 0 saturated carbocycles. The molecule has 0 fully saturated rings. The number of H-pyrrole nitrogens is 1. The third-order valence-corrected chi connectivity index (χ3v) is 5.00. The third-order valence-electron chi connectivity index (χ3n) is 5.00. The van der Waals surface area contributed by atoms with Crippen molar-refractivity contribution in [2.24, 2.45) is 0 Å². The number of nitrogens with one attached hydrogen (secondary N) is 2. The Balaban J connectivity index is 1.62. The Morgan fingerprint density at radius 1 is 1.23 bits per heavy atom. The largest absolute Gasteiger partial charge is 0.468 e. The van der Waals surface area contributed by atoms with Crippen LogP contribution >= 0.6 is 0 Å². The lowest BCUT2D eigenvalue weighted by atomic mass is 9.90. The van der Waals surface area contributed by atoms with E-state index in [0.717, 1.165) is 27.7 Å². The Labute approximate surface area is 152 Å². The summed E-state index contributed by atoms with van der Waals surface area (Å²) in [5.41, 5.74) is 3.88. The van der Waals surface area contributed by atoms with E-state index in [1.165, 1.54) is 7.11 Å². The summed E-state index contributed by atoms with van der Waals surface area (Å²) >= 11 is 0. The number of aromatic amines is 1. The quantitative estimate of drug-likeness (QED) is 0.694. The Hall–Kier alpha value is -2.99. The van der Waals surface area contributed by atoms with Crippen LogP contribution in [0.25, 0.3) is 10.9 Å². The van der Waals surface area contributed by atoms with Gasteiger partial charge < -0.3 is 19.2 Å². The fourth-order valence-electron chi connectivity index (χ4n) is 3.77. The van der Waals surface area contributed by atoms with Gasteiger partial charge in [0.05, 0.1) is 13.2 Å². The molecular weight excluding hydrogens is 332 g/mol. The van der Waals surface area contributed by atoms with E-state index in [9.17, 15) is 4.79 Å². The number of ether oxygens (including phenoxy) is 3. The fourth-order valence-corrected chi connectivity index (χ4v) is 3.77. The molecule has 6 heteroatoms. The molecule has 2 aliphatic rings. The van der Waals surface area contributed by atoms with Gasteiger partial charge in [-0.2, -0.15) is 0 Å². The molecule has 0 aliphatic carbocycles. The van der Waals surface area contributed by atoms with Crippen molar-refractivity contribution in [3.63, 3.8) is 0 Å². The van der Waals surface area contributed by atoms with Crippen LogP contribution in [0, 0.1) is 0 Å². The molecule has 6 nitrogen and oxygen atoms in total. The summed E-state index contributed by atoms with van der Waals surface area (Å²) in [4.78, 5) is 15.8. The van der Waals surface area contributed by atoms with Crippen LogP contribution in [0.4, 0.5) is 0 Å². The number of methoxy groups -OCH3 is 1. The van der Waals surface area contributed by atoms with E-state index in [-0.39, 0.29) is 12.0 Å². The normalized spacial score (nSPS) is 23.9. The number of hydrogen-bond donors (Lipinski definition) is 2. The van der Waals surface area contributed by atoms with Gasteiger partial charge in [-0.3, -0.25) is 10.1 Å². The molecule has 0 unspecified atom stereocenters. The van der Waals surface area contributed by atoms with E-state index in [0.29, 0.717) is 17.9 Å². The van der Waals surface area contributed by atoms with Crippen molar-refractivity contribution >= 4 is 16.9 Å². The van der Waals surface area contributed by atoms with Gasteiger partial charge in [0.1, 0.15) is 8.78 Å². The van der Waals surface area contributed by atoms with Crippen LogP contribution in [-0.2, 0) is 16.0 Å². The van der Waals surface area contributed by atoms with E-state index in [1.54, 1.807) is 12.1 Å². The number of rotatable bonds is 2. The number of hydrogen-bond acceptors (Lipinski definition) is 5. The minimum Gasteiger partial charge on any atom is -0.468 e. The van der Waals surface area contributed by atoms with Gasteiger partial charge >= 0.3 is 5.97 Å². The van der Waals surface area contributed by atoms with Crippen LogP contribution in [0.15, 0.2) is 42.5 Å². The van der Waals surface area contributed by atoms with Gasteiger partial charge in [-0.15, -0.1) is 0 Å². The predicted molar refractivity (Wildman–Crippen MR) is 95.4 cm³/mol. The second-order valence-electron chi connectivity index (χ2n) is 6.44. The molecule has 5 rings (SSSR count). The highest BCUT2D eigenvalue weighted by atomic mass is 16.7. The van der Waals surface area contributed by atoms with Crippen molar-refractivity contribution in [2.45, 2.75) is 18.5 Å². The summed E-state index contributed by atoms with van der Waals surface area (Å²) in [5, 5.41) is 4.43. The first kappa shape index (κ1) is 13.2. The van der Waals surface area contributed by atoms with Gasteiger partial charge in [0.15, 0.2) is 11.5 Å². The maximum atomic E-state index is 12.3. The minimum atomic E-state index is -2.18. The van der Waals surface area contributed by atoms with Gasteiger partial charge in [0, 0.05) is 23.0 Å². The predicted octanol–water partition coefficient (Wildman–Crippen LogP) is 2.67. The number of para-hydroxylation sites is 1. The number of carbonyl (C=O) groups excluding carboxylic acids is 1. The van der Waals surface area contributed by atoms with Gasteiger partial charge in [-0.1, -0.05) is 24.3 Å². The molecule has 0 spiro atoms. The fraction of sp³-hybridized carbons (Fsp3) is 0.250. The zero-order valence-corrected chi connectivity index (χ0v) is 14.0. The summed E-state index contributed by atoms with van der Waals surface area (Å²) in [6.07, 6.45) is 0.523. The lowest BCUT2D eigenvalue weighted by Gasteiger charge is -2.30. The van der Waals surface area contributed by atoms with Crippen molar-refractivity contribution in [2.75, 3.05) is 13.9 Å². The number of aromatic nitrogens is 1. The van der Waals surface area contributed by atoms with Crippen molar-refractivity contribution < 1.29 is 21.7 Å². The molecule has 2 aromatic carbocycles. The van der Waals surface area contributed by atoms with Crippen LogP contribution in [0.3, 0.4) is 0 Å². The Morgan fingerprint density at radius 3 is 2.96 bits per heavy atom. The average Bonchev–Trinajstić information content (AvgIpc) is 3.21. The summed E-state index contributed by atoms with van der Waals surface area (Å²) in [6, 6.07) is 12.5. The Bertz CT molecular complexity index is 1090. The van der Waals surface area contributed by atoms with Crippen LogP contribution in [0.1, 0.15) is 25.6 Å². The van der Waals surface area contributed by atoms with Crippen LogP contribution in [0.5, 0.6) is 11.5 Å². The van der Waals surface area contributed by atoms with Crippen LogP contribution in [-0.4, -0.2) is 30.8 Å². The maximum absolute atomic E-state index is 12.3. The van der Waals surface area contributed by atoms with E-state index in [2.05, 4.69) is 10.3 Å². The molecule has 2 aliphatic heterocycles. The zero-order valence-electron chi connectivity index (χ0n) is 16.0. The average molecular weight is 352 g/mol. The van der Waals surface area contributed by atoms with Gasteiger partial charge in [-0.05, 0) is 29.3 Å². The highest BCUT2D eigenvalue weighted by molar-refractivity contribution is 5.87. The topological polar surface area (TPSA) is 72.6 Å². The number of benzene rings is 2. The lowest BCUT2D eigenvalue weighted by molar-refractivity contribution is -0.143. The van der Waals surface area contributed by atoms with Gasteiger partial charge in [0.2, 0.25) is 6.75 Å². The number of carbonyl (C=O) groups is 1. The van der Waals surface area contributed by atoms with Crippen molar-refractivity contribution in [3.05, 3.63) is 59.3 Å². The number of esters is 1. The molecule has 0 bridgehead atoms. The molecule has 0 amide bonds. The molecule has 0 saturated heterocycles. The number of fused-ring (bicyclic) bond motifs is 4. The smallest absolute Gasteiger partial charge is 0.323 e. The molecule has 3 aromatic rings. The highest BCUT2D eigenvalue weighted by Gasteiger charge is 2.35. The van der Waals surface area contributed by atoms with E-state index in [1.807, 2.05) is 30.3 Å². The lowest BCUT2D eigenvalue weighted by Crippen LogP contribution is -2.45. The summed E-state index contributed by atoms with van der Waals surface area (Å²) in [5.74, 6) is 0.367. The monoisotopic (exact) mass is 352 g/mol. The SMILES string of the molecule is [2H]C1([2H])Oc2ccc([C@@H]3N[C@H](C(=O)OC)Cc4c3[nH]c3ccccc43)cc2O1. The molecule has 0 radical (unpaired) electrons. The summed E-state index contributed by atoms with van der Waals surface area (Å²) in [6.45, 7) is -2.18. The summed E-state index contributed by atoms with van der Waals surface area (Å²) < 4.78 is 30.6. The van der Waals surface area contributed by atoms with Gasteiger partial charge in [-0.25, -0.2) is 0 Å². The van der Waals surface area contributed by atoms with E-state index < -0.39 is 12.8 Å².